The summed E-state index contributed by atoms with van der Waals surface area (Å²) in [6.45, 7) is 4.36. The molecule has 0 N–H and O–H groups in total. The maximum absolute atomic E-state index is 11.4. The van der Waals surface area contributed by atoms with E-state index in [0.29, 0.717) is 18.0 Å². The highest BCUT2D eigenvalue weighted by Gasteiger charge is 2.29. The molecule has 1 aliphatic rings. The van der Waals surface area contributed by atoms with Crippen LogP contribution in [-0.2, 0) is 10.8 Å². The molecule has 0 aromatic carbocycles. The summed E-state index contributed by atoms with van der Waals surface area (Å²) in [6.07, 6.45) is 8.65. The van der Waals surface area contributed by atoms with Crippen molar-refractivity contribution in [3.63, 3.8) is 0 Å². The van der Waals surface area contributed by atoms with Crippen LogP contribution in [-0.4, -0.2) is 45.2 Å². The lowest BCUT2D eigenvalue weighted by molar-refractivity contribution is 0.146. The second-order valence-electron chi connectivity index (χ2n) is 6.48. The van der Waals surface area contributed by atoms with E-state index < -0.39 is 10.8 Å². The van der Waals surface area contributed by atoms with Gasteiger partial charge in [-0.15, -0.1) is 0 Å². The lowest BCUT2D eigenvalue weighted by atomic mass is 9.81. The van der Waals surface area contributed by atoms with Crippen LogP contribution in [0.4, 0.5) is 0 Å². The molecule has 0 saturated heterocycles. The number of rotatable bonds is 5. The SMILES string of the molecule is Cc1cccnc1C1CCCC(N(C)C(C)CS(C)=O)C1. The first-order valence-electron chi connectivity index (χ1n) is 7.92. The van der Waals surface area contributed by atoms with Crippen LogP contribution in [0.5, 0.6) is 0 Å². The summed E-state index contributed by atoms with van der Waals surface area (Å²) in [4.78, 5) is 7.06. The molecule has 0 aliphatic heterocycles. The molecule has 1 aromatic rings. The van der Waals surface area contributed by atoms with E-state index in [1.165, 1.54) is 36.9 Å². The van der Waals surface area contributed by atoms with Crippen LogP contribution in [0.3, 0.4) is 0 Å². The maximum Gasteiger partial charge on any atom is 0.0464 e. The van der Waals surface area contributed by atoms with Gasteiger partial charge in [-0.3, -0.25) is 14.1 Å². The molecular formula is C17H28N2OS. The minimum atomic E-state index is -0.723. The first-order valence-corrected chi connectivity index (χ1v) is 9.65. The molecule has 1 heterocycles. The number of aromatic nitrogens is 1. The lowest BCUT2D eigenvalue weighted by Crippen LogP contribution is -2.43. The van der Waals surface area contributed by atoms with Crippen molar-refractivity contribution >= 4 is 10.8 Å². The van der Waals surface area contributed by atoms with Gasteiger partial charge in [-0.1, -0.05) is 12.5 Å². The van der Waals surface area contributed by atoms with Gasteiger partial charge in [0.1, 0.15) is 0 Å². The molecule has 1 aromatic heterocycles. The standard InChI is InChI=1S/C17H28N2OS/c1-13-7-6-10-18-17(13)15-8-5-9-16(11-15)19(3)14(2)12-21(4)20/h6-7,10,14-16H,5,8-9,11-12H2,1-4H3. The van der Waals surface area contributed by atoms with Crippen molar-refractivity contribution in [3.8, 4) is 0 Å². The highest BCUT2D eigenvalue weighted by Crippen LogP contribution is 2.35. The van der Waals surface area contributed by atoms with Gasteiger partial charge in [0.05, 0.1) is 0 Å². The molecule has 4 unspecified atom stereocenters. The largest absolute Gasteiger partial charge is 0.300 e. The summed E-state index contributed by atoms with van der Waals surface area (Å²) in [5.41, 5.74) is 2.59. The van der Waals surface area contributed by atoms with Gasteiger partial charge in [0.15, 0.2) is 0 Å². The summed E-state index contributed by atoms with van der Waals surface area (Å²) in [6, 6.07) is 5.15. The summed E-state index contributed by atoms with van der Waals surface area (Å²) in [7, 11) is 1.47. The van der Waals surface area contributed by atoms with Gasteiger partial charge in [-0.2, -0.15) is 0 Å². The van der Waals surface area contributed by atoms with Crippen LogP contribution in [0.15, 0.2) is 18.3 Å². The number of pyridine rings is 1. The van der Waals surface area contributed by atoms with E-state index in [9.17, 15) is 4.21 Å². The van der Waals surface area contributed by atoms with Crippen LogP contribution in [0.25, 0.3) is 0 Å². The van der Waals surface area contributed by atoms with E-state index in [1.807, 2.05) is 12.3 Å². The molecule has 4 atom stereocenters. The normalized spacial score (nSPS) is 25.8. The Morgan fingerprint density at radius 2 is 2.24 bits per heavy atom. The van der Waals surface area contributed by atoms with E-state index in [1.54, 1.807) is 6.26 Å². The van der Waals surface area contributed by atoms with E-state index in [0.717, 1.165) is 5.75 Å². The number of hydrogen-bond donors (Lipinski definition) is 0. The number of nitrogens with zero attached hydrogens (tertiary/aromatic N) is 2. The van der Waals surface area contributed by atoms with Crippen LogP contribution < -0.4 is 0 Å². The Labute approximate surface area is 131 Å². The molecule has 4 heteroatoms. The first kappa shape index (κ1) is 16.6. The molecule has 21 heavy (non-hydrogen) atoms. The van der Waals surface area contributed by atoms with E-state index >= 15 is 0 Å². The molecule has 0 amide bonds. The van der Waals surface area contributed by atoms with Crippen molar-refractivity contribution in [1.82, 2.24) is 9.88 Å². The zero-order chi connectivity index (χ0) is 15.4. The average molecular weight is 308 g/mol. The maximum atomic E-state index is 11.4. The van der Waals surface area contributed by atoms with Crippen LogP contribution in [0.2, 0.25) is 0 Å². The quantitative estimate of drug-likeness (QED) is 0.838. The molecule has 1 saturated carbocycles. The fourth-order valence-corrected chi connectivity index (χ4v) is 4.44. The van der Waals surface area contributed by atoms with Gasteiger partial charge in [0.25, 0.3) is 0 Å². The van der Waals surface area contributed by atoms with Crippen molar-refractivity contribution in [2.75, 3.05) is 19.1 Å². The third kappa shape index (κ3) is 4.36. The summed E-state index contributed by atoms with van der Waals surface area (Å²) < 4.78 is 11.4. The zero-order valence-electron chi connectivity index (χ0n) is 13.7. The molecule has 1 aliphatic carbocycles. The topological polar surface area (TPSA) is 33.2 Å². The van der Waals surface area contributed by atoms with Crippen molar-refractivity contribution < 1.29 is 4.21 Å². The third-order valence-electron chi connectivity index (χ3n) is 4.83. The average Bonchev–Trinajstić information content (AvgIpc) is 2.46. The molecule has 3 nitrogen and oxygen atoms in total. The molecule has 0 bridgehead atoms. The van der Waals surface area contributed by atoms with Gasteiger partial charge in [0.2, 0.25) is 0 Å². The third-order valence-corrected chi connectivity index (χ3v) is 5.78. The predicted octanol–water partition coefficient (Wildman–Crippen LogP) is 3.12. The minimum absolute atomic E-state index is 0.379. The number of aryl methyl sites for hydroxylation is 1. The van der Waals surface area contributed by atoms with Gasteiger partial charge in [-0.25, -0.2) is 0 Å². The summed E-state index contributed by atoms with van der Waals surface area (Å²) in [5, 5.41) is 0. The first-order chi connectivity index (χ1) is 9.99. The monoisotopic (exact) mass is 308 g/mol. The van der Waals surface area contributed by atoms with Crippen molar-refractivity contribution in [3.05, 3.63) is 29.6 Å². The fourth-order valence-electron chi connectivity index (χ4n) is 3.52. The Morgan fingerprint density at radius 3 is 2.90 bits per heavy atom. The lowest BCUT2D eigenvalue weighted by Gasteiger charge is -2.38. The minimum Gasteiger partial charge on any atom is -0.300 e. The molecular weight excluding hydrogens is 280 g/mol. The van der Waals surface area contributed by atoms with E-state index in [2.05, 4.69) is 36.8 Å². The van der Waals surface area contributed by atoms with Crippen molar-refractivity contribution in [1.29, 1.82) is 0 Å². The van der Waals surface area contributed by atoms with Crippen molar-refractivity contribution in [2.24, 2.45) is 0 Å². The van der Waals surface area contributed by atoms with Crippen molar-refractivity contribution in [2.45, 2.75) is 57.5 Å². The van der Waals surface area contributed by atoms with Gasteiger partial charge < -0.3 is 0 Å². The Kier molecular flexibility index (Phi) is 5.94. The second-order valence-corrected chi connectivity index (χ2v) is 7.96. The van der Waals surface area contributed by atoms with Crippen LogP contribution in [0.1, 0.15) is 49.8 Å². The number of hydrogen-bond acceptors (Lipinski definition) is 3. The van der Waals surface area contributed by atoms with Gasteiger partial charge >= 0.3 is 0 Å². The van der Waals surface area contributed by atoms with E-state index in [-0.39, 0.29) is 0 Å². The Bertz CT molecular complexity index is 491. The molecule has 118 valence electrons. The zero-order valence-corrected chi connectivity index (χ0v) is 14.5. The Balaban J connectivity index is 2.04. The highest BCUT2D eigenvalue weighted by atomic mass is 32.2. The molecule has 0 spiro atoms. The predicted molar refractivity (Wildman–Crippen MR) is 90.1 cm³/mol. The smallest absolute Gasteiger partial charge is 0.0464 e. The van der Waals surface area contributed by atoms with Gasteiger partial charge in [0, 0.05) is 52.7 Å². The summed E-state index contributed by atoms with van der Waals surface area (Å²) >= 11 is 0. The van der Waals surface area contributed by atoms with Crippen LogP contribution in [0, 0.1) is 6.92 Å². The fraction of sp³-hybridized carbons (Fsp3) is 0.706. The Morgan fingerprint density at radius 1 is 1.48 bits per heavy atom. The second kappa shape index (κ2) is 7.50. The molecule has 0 radical (unpaired) electrons. The molecule has 1 fully saturated rings. The van der Waals surface area contributed by atoms with Crippen LogP contribution >= 0.6 is 0 Å². The van der Waals surface area contributed by atoms with E-state index in [4.69, 9.17) is 0 Å². The Hall–Kier alpha value is -0.740. The summed E-state index contributed by atoms with van der Waals surface area (Å²) in [5.74, 6) is 1.34. The molecule has 2 rings (SSSR count). The highest BCUT2D eigenvalue weighted by molar-refractivity contribution is 7.84. The van der Waals surface area contributed by atoms with Gasteiger partial charge in [-0.05, 0) is 51.8 Å².